The van der Waals surface area contributed by atoms with Gasteiger partial charge in [0, 0.05) is 36.1 Å². The van der Waals surface area contributed by atoms with E-state index < -0.39 is 0 Å². The fourth-order valence-electron chi connectivity index (χ4n) is 4.58. The van der Waals surface area contributed by atoms with Crippen LogP contribution < -0.4 is 5.32 Å². The molecule has 1 aliphatic rings. The molecule has 1 aliphatic carbocycles. The highest BCUT2D eigenvalue weighted by Gasteiger charge is 2.26. The highest BCUT2D eigenvalue weighted by atomic mass is 15.3. The first kappa shape index (κ1) is 21.5. The normalized spacial score (nSPS) is 18.0. The lowest BCUT2D eigenvalue weighted by Gasteiger charge is -2.31. The Morgan fingerprint density at radius 2 is 1.91 bits per heavy atom. The molecule has 1 saturated carbocycles. The molecule has 5 rings (SSSR count). The maximum absolute atomic E-state index is 9.56. The molecule has 2 atom stereocenters. The molecule has 0 unspecified atom stereocenters. The Morgan fingerprint density at radius 1 is 1.06 bits per heavy atom. The number of nitrogens with one attached hydrogen (secondary N) is 1. The van der Waals surface area contributed by atoms with Crippen LogP contribution in [-0.2, 0) is 0 Å². The third-order valence-corrected chi connectivity index (χ3v) is 6.28. The zero-order valence-electron chi connectivity index (χ0n) is 19.0. The van der Waals surface area contributed by atoms with E-state index in [4.69, 9.17) is 0 Å². The van der Waals surface area contributed by atoms with Crippen molar-refractivity contribution in [3.05, 3.63) is 48.4 Å². The Balaban J connectivity index is 1.39. The SMILES string of the molecule is CC(C)n1cc(-c2nc(N[C@@H]3CCC[C@H](n4cnc5cncc(C#N)c54)C3)ncc2C#N)cn1. The van der Waals surface area contributed by atoms with Crippen molar-refractivity contribution in [2.75, 3.05) is 5.32 Å². The van der Waals surface area contributed by atoms with Crippen LogP contribution in [0.3, 0.4) is 0 Å². The number of nitriles is 2. The van der Waals surface area contributed by atoms with E-state index in [1.807, 2.05) is 31.1 Å². The molecule has 34 heavy (non-hydrogen) atoms. The van der Waals surface area contributed by atoms with Gasteiger partial charge in [-0.3, -0.25) is 9.67 Å². The Morgan fingerprint density at radius 3 is 2.68 bits per heavy atom. The number of pyridine rings is 1. The molecule has 0 aliphatic heterocycles. The molecule has 0 aromatic carbocycles. The lowest BCUT2D eigenvalue weighted by molar-refractivity contribution is 0.336. The van der Waals surface area contributed by atoms with Gasteiger partial charge in [0.15, 0.2) is 0 Å². The molecule has 0 amide bonds. The Labute approximate surface area is 196 Å². The summed E-state index contributed by atoms with van der Waals surface area (Å²) in [6.45, 7) is 4.10. The molecule has 10 nitrogen and oxygen atoms in total. The Hall–Kier alpha value is -4.31. The molecule has 4 heterocycles. The fraction of sp³-hybridized carbons (Fsp3) is 0.375. The molecule has 4 aromatic rings. The van der Waals surface area contributed by atoms with Crippen molar-refractivity contribution in [3.63, 3.8) is 0 Å². The van der Waals surface area contributed by atoms with E-state index in [9.17, 15) is 10.5 Å². The van der Waals surface area contributed by atoms with Crippen LogP contribution in [0.4, 0.5) is 5.95 Å². The van der Waals surface area contributed by atoms with Gasteiger partial charge >= 0.3 is 0 Å². The topological polar surface area (TPSA) is 134 Å². The van der Waals surface area contributed by atoms with Crippen molar-refractivity contribution in [3.8, 4) is 23.4 Å². The van der Waals surface area contributed by atoms with Gasteiger partial charge in [-0.25, -0.2) is 15.0 Å². The standard InChI is InChI=1S/C24H24N10/c1-15(2)34-13-18(11-30-34)22-16(7-25)10-28-24(32-22)31-19-4-3-5-20(6-19)33-14-29-21-12-27-9-17(8-26)23(21)33/h9-15,19-20H,3-6H2,1-2H3,(H,28,31,32)/t19-,20+/m1/s1. The van der Waals surface area contributed by atoms with Crippen LogP contribution in [0, 0.1) is 22.7 Å². The molecule has 10 heteroatoms. The van der Waals surface area contributed by atoms with E-state index in [2.05, 4.69) is 47.1 Å². The van der Waals surface area contributed by atoms with Gasteiger partial charge < -0.3 is 9.88 Å². The third kappa shape index (κ3) is 3.95. The number of fused-ring (bicyclic) bond motifs is 1. The second kappa shape index (κ2) is 8.91. The maximum atomic E-state index is 9.56. The molecule has 0 radical (unpaired) electrons. The second-order valence-corrected chi connectivity index (χ2v) is 8.85. The minimum atomic E-state index is 0.155. The number of imidazole rings is 1. The minimum absolute atomic E-state index is 0.155. The second-order valence-electron chi connectivity index (χ2n) is 8.85. The van der Waals surface area contributed by atoms with Crippen LogP contribution in [0.2, 0.25) is 0 Å². The molecule has 170 valence electrons. The first-order valence-electron chi connectivity index (χ1n) is 11.4. The maximum Gasteiger partial charge on any atom is 0.223 e. The molecule has 1 fully saturated rings. The average molecular weight is 453 g/mol. The van der Waals surface area contributed by atoms with E-state index in [-0.39, 0.29) is 18.1 Å². The van der Waals surface area contributed by atoms with E-state index >= 15 is 0 Å². The van der Waals surface area contributed by atoms with Crippen LogP contribution in [0.1, 0.15) is 62.7 Å². The van der Waals surface area contributed by atoms with Crippen molar-refractivity contribution in [1.82, 2.24) is 34.3 Å². The number of anilines is 1. The summed E-state index contributed by atoms with van der Waals surface area (Å²) >= 11 is 0. The summed E-state index contributed by atoms with van der Waals surface area (Å²) < 4.78 is 3.95. The number of hydrogen-bond donors (Lipinski definition) is 1. The zero-order valence-corrected chi connectivity index (χ0v) is 19.0. The molecule has 4 aromatic heterocycles. The van der Waals surface area contributed by atoms with Crippen LogP contribution in [0.15, 0.2) is 37.3 Å². The summed E-state index contributed by atoms with van der Waals surface area (Å²) in [4.78, 5) is 17.6. The van der Waals surface area contributed by atoms with Crippen molar-refractivity contribution in [2.24, 2.45) is 0 Å². The molecule has 0 spiro atoms. The van der Waals surface area contributed by atoms with Gasteiger partial charge in [0.1, 0.15) is 17.7 Å². The number of nitrogens with zero attached hydrogens (tertiary/aromatic N) is 9. The third-order valence-electron chi connectivity index (χ3n) is 6.28. The summed E-state index contributed by atoms with van der Waals surface area (Å²) in [7, 11) is 0. The van der Waals surface area contributed by atoms with Crippen molar-refractivity contribution in [2.45, 2.75) is 57.7 Å². The predicted molar refractivity (Wildman–Crippen MR) is 126 cm³/mol. The first-order valence-corrected chi connectivity index (χ1v) is 11.4. The molecular weight excluding hydrogens is 428 g/mol. The predicted octanol–water partition coefficient (Wildman–Crippen LogP) is 4.00. The summed E-state index contributed by atoms with van der Waals surface area (Å²) in [5, 5.41) is 26.9. The molecule has 0 bridgehead atoms. The van der Waals surface area contributed by atoms with E-state index in [0.717, 1.165) is 42.3 Å². The number of rotatable bonds is 5. The van der Waals surface area contributed by atoms with Crippen LogP contribution in [0.25, 0.3) is 22.3 Å². The Kier molecular flexibility index (Phi) is 5.64. The zero-order chi connectivity index (χ0) is 23.7. The number of hydrogen-bond acceptors (Lipinski definition) is 8. The smallest absolute Gasteiger partial charge is 0.223 e. The van der Waals surface area contributed by atoms with Gasteiger partial charge in [0.05, 0.1) is 47.3 Å². The van der Waals surface area contributed by atoms with Gasteiger partial charge in [0.25, 0.3) is 0 Å². The van der Waals surface area contributed by atoms with Gasteiger partial charge in [-0.15, -0.1) is 0 Å². The highest BCUT2D eigenvalue weighted by Crippen LogP contribution is 2.33. The minimum Gasteiger partial charge on any atom is -0.351 e. The van der Waals surface area contributed by atoms with Crippen LogP contribution in [-0.4, -0.2) is 40.3 Å². The lowest BCUT2D eigenvalue weighted by Crippen LogP contribution is -2.29. The van der Waals surface area contributed by atoms with E-state index in [1.165, 1.54) is 0 Å². The summed E-state index contributed by atoms with van der Waals surface area (Å²) in [6, 6.07) is 5.00. The monoisotopic (exact) mass is 452 g/mol. The van der Waals surface area contributed by atoms with E-state index in [1.54, 1.807) is 24.8 Å². The molecular formula is C24H24N10. The summed E-state index contributed by atoms with van der Waals surface area (Å²) in [5.41, 5.74) is 3.88. The van der Waals surface area contributed by atoms with Gasteiger partial charge in [-0.2, -0.15) is 15.6 Å². The average Bonchev–Trinajstić information content (AvgIpc) is 3.52. The van der Waals surface area contributed by atoms with Crippen LogP contribution in [0.5, 0.6) is 0 Å². The van der Waals surface area contributed by atoms with Gasteiger partial charge in [0.2, 0.25) is 5.95 Å². The highest BCUT2D eigenvalue weighted by molar-refractivity contribution is 5.80. The Bertz CT molecular complexity index is 1420. The largest absolute Gasteiger partial charge is 0.351 e. The molecule has 1 N–H and O–H groups in total. The van der Waals surface area contributed by atoms with Crippen molar-refractivity contribution < 1.29 is 0 Å². The molecule has 0 saturated heterocycles. The lowest BCUT2D eigenvalue weighted by atomic mass is 9.90. The van der Waals surface area contributed by atoms with Gasteiger partial charge in [-0.05, 0) is 39.5 Å². The van der Waals surface area contributed by atoms with Crippen molar-refractivity contribution >= 4 is 17.0 Å². The summed E-state index contributed by atoms with van der Waals surface area (Å²) in [6.07, 6.45) is 14.2. The van der Waals surface area contributed by atoms with Crippen molar-refractivity contribution in [1.29, 1.82) is 10.5 Å². The number of aromatic nitrogens is 7. The van der Waals surface area contributed by atoms with E-state index in [0.29, 0.717) is 22.8 Å². The first-order chi connectivity index (χ1) is 16.6. The summed E-state index contributed by atoms with van der Waals surface area (Å²) in [5.74, 6) is 0.495. The quantitative estimate of drug-likeness (QED) is 0.480. The fourth-order valence-corrected chi connectivity index (χ4v) is 4.58. The van der Waals surface area contributed by atoms with Crippen LogP contribution >= 0.6 is 0 Å². The van der Waals surface area contributed by atoms with Gasteiger partial charge in [-0.1, -0.05) is 0 Å².